The predicted octanol–water partition coefficient (Wildman–Crippen LogP) is 4.15. The van der Waals surface area contributed by atoms with Crippen LogP contribution in [0.2, 0.25) is 0 Å². The summed E-state index contributed by atoms with van der Waals surface area (Å²) in [6.07, 6.45) is 2.32. The number of hydrogen-bond donors (Lipinski definition) is 1. The lowest BCUT2D eigenvalue weighted by molar-refractivity contribution is -0.118. The third kappa shape index (κ3) is 5.17. The van der Waals surface area contributed by atoms with Crippen LogP contribution in [0.15, 0.2) is 70.7 Å². The van der Waals surface area contributed by atoms with Gasteiger partial charge in [0.2, 0.25) is 11.1 Å². The summed E-state index contributed by atoms with van der Waals surface area (Å²) >= 11 is 3.14. The number of carbonyl (C=O) groups is 1. The molecular formula is C21H22N4OS2. The minimum Gasteiger partial charge on any atom is -0.355 e. The van der Waals surface area contributed by atoms with Crippen LogP contribution in [0.1, 0.15) is 24.6 Å². The van der Waals surface area contributed by atoms with Gasteiger partial charge in [0.05, 0.1) is 11.4 Å². The van der Waals surface area contributed by atoms with Crippen molar-refractivity contribution in [2.45, 2.75) is 28.8 Å². The smallest absolute Gasteiger partial charge is 0.230 e. The topological polar surface area (TPSA) is 59.8 Å². The molecular weight excluding hydrogens is 388 g/mol. The summed E-state index contributed by atoms with van der Waals surface area (Å²) in [6, 6.07) is 20.3. The van der Waals surface area contributed by atoms with Gasteiger partial charge in [0.1, 0.15) is 5.82 Å². The number of amides is 1. The van der Waals surface area contributed by atoms with E-state index in [1.807, 2.05) is 53.2 Å². The quantitative estimate of drug-likeness (QED) is 0.424. The van der Waals surface area contributed by atoms with Gasteiger partial charge in [-0.1, -0.05) is 48.2 Å². The number of hydrogen-bond acceptors (Lipinski definition) is 5. The highest BCUT2D eigenvalue weighted by atomic mass is 32.2. The van der Waals surface area contributed by atoms with Gasteiger partial charge in [-0.05, 0) is 37.1 Å². The Labute approximate surface area is 173 Å². The summed E-state index contributed by atoms with van der Waals surface area (Å²) in [4.78, 5) is 18.0. The van der Waals surface area contributed by atoms with E-state index in [1.54, 1.807) is 11.8 Å². The molecule has 0 aliphatic heterocycles. The van der Waals surface area contributed by atoms with Crippen molar-refractivity contribution in [1.82, 2.24) is 20.1 Å². The third-order valence-electron chi connectivity index (χ3n) is 4.32. The van der Waals surface area contributed by atoms with Crippen molar-refractivity contribution < 1.29 is 4.79 Å². The normalized spacial score (nSPS) is 13.4. The molecule has 1 aliphatic rings. The molecule has 0 saturated heterocycles. The summed E-state index contributed by atoms with van der Waals surface area (Å²) < 4.78 is 1.93. The highest BCUT2D eigenvalue weighted by molar-refractivity contribution is 7.99. The van der Waals surface area contributed by atoms with Crippen LogP contribution in [0.3, 0.4) is 0 Å². The fourth-order valence-electron chi connectivity index (χ4n) is 2.79. The first-order valence-electron chi connectivity index (χ1n) is 9.39. The zero-order valence-electron chi connectivity index (χ0n) is 15.5. The number of rotatable bonds is 9. The summed E-state index contributed by atoms with van der Waals surface area (Å²) in [7, 11) is 0. The molecule has 0 unspecified atom stereocenters. The van der Waals surface area contributed by atoms with Crippen LogP contribution in [0, 0.1) is 0 Å². The number of aromatic nitrogens is 3. The third-order valence-corrected chi connectivity index (χ3v) is 6.18. The number of carbonyl (C=O) groups excluding carboxylic acids is 1. The molecule has 1 saturated carbocycles. The van der Waals surface area contributed by atoms with E-state index in [9.17, 15) is 4.79 Å². The maximum absolute atomic E-state index is 12.1. The summed E-state index contributed by atoms with van der Waals surface area (Å²) in [5.41, 5.74) is 1.02. The van der Waals surface area contributed by atoms with E-state index in [1.165, 1.54) is 16.7 Å². The lowest BCUT2D eigenvalue weighted by Gasteiger charge is -2.04. The molecule has 0 spiro atoms. The van der Waals surface area contributed by atoms with E-state index >= 15 is 0 Å². The zero-order valence-corrected chi connectivity index (χ0v) is 17.1. The SMILES string of the molecule is O=C(CSc1nc(C2CC2)n(-c2ccccc2)n1)NCCSc1ccccc1. The van der Waals surface area contributed by atoms with Gasteiger partial charge in [-0.25, -0.2) is 9.67 Å². The Hall–Kier alpha value is -2.25. The van der Waals surface area contributed by atoms with E-state index in [4.69, 9.17) is 0 Å². The average Bonchev–Trinajstić information content (AvgIpc) is 3.50. The second-order valence-electron chi connectivity index (χ2n) is 6.57. The molecule has 1 aliphatic carbocycles. The lowest BCUT2D eigenvalue weighted by Crippen LogP contribution is -2.27. The largest absolute Gasteiger partial charge is 0.355 e. The van der Waals surface area contributed by atoms with Crippen LogP contribution in [-0.4, -0.2) is 38.7 Å². The van der Waals surface area contributed by atoms with Crippen molar-refractivity contribution in [2.24, 2.45) is 0 Å². The first-order valence-corrected chi connectivity index (χ1v) is 11.4. The van der Waals surface area contributed by atoms with Crippen molar-refractivity contribution in [1.29, 1.82) is 0 Å². The molecule has 144 valence electrons. The fraction of sp³-hybridized carbons (Fsp3) is 0.286. The Kier molecular flexibility index (Phi) is 6.34. The molecule has 28 heavy (non-hydrogen) atoms. The van der Waals surface area contributed by atoms with E-state index in [0.29, 0.717) is 23.4 Å². The summed E-state index contributed by atoms with van der Waals surface area (Å²) in [6.45, 7) is 0.651. The van der Waals surface area contributed by atoms with Crippen molar-refractivity contribution >= 4 is 29.4 Å². The van der Waals surface area contributed by atoms with Crippen LogP contribution in [0.25, 0.3) is 5.69 Å². The van der Waals surface area contributed by atoms with Gasteiger partial charge in [0, 0.05) is 23.1 Å². The molecule has 4 rings (SSSR count). The van der Waals surface area contributed by atoms with E-state index in [-0.39, 0.29) is 5.91 Å². The Balaban J connectivity index is 1.27. The van der Waals surface area contributed by atoms with Gasteiger partial charge >= 0.3 is 0 Å². The average molecular weight is 411 g/mol. The van der Waals surface area contributed by atoms with E-state index < -0.39 is 0 Å². The second kappa shape index (κ2) is 9.30. The highest BCUT2D eigenvalue weighted by Crippen LogP contribution is 2.40. The molecule has 0 atom stereocenters. The van der Waals surface area contributed by atoms with Crippen molar-refractivity contribution in [3.05, 3.63) is 66.5 Å². The maximum Gasteiger partial charge on any atom is 0.230 e. The van der Waals surface area contributed by atoms with Crippen LogP contribution in [0.4, 0.5) is 0 Å². The number of nitrogens with one attached hydrogen (secondary N) is 1. The molecule has 1 amide bonds. The van der Waals surface area contributed by atoms with Crippen LogP contribution in [0.5, 0.6) is 0 Å². The molecule has 1 heterocycles. The standard InChI is InChI=1S/C21H22N4OS2/c26-19(22-13-14-27-18-9-5-2-6-10-18)15-28-21-23-20(16-11-12-16)25(24-21)17-7-3-1-4-8-17/h1-10,16H,11-15H2,(H,22,26). The van der Waals surface area contributed by atoms with E-state index in [2.05, 4.69) is 27.5 Å². The Morgan fingerprint density at radius 2 is 1.75 bits per heavy atom. The molecule has 0 radical (unpaired) electrons. The van der Waals surface area contributed by atoms with Crippen LogP contribution >= 0.6 is 23.5 Å². The minimum atomic E-state index is 0.0164. The monoisotopic (exact) mass is 410 g/mol. The molecule has 7 heteroatoms. The van der Waals surface area contributed by atoms with Crippen molar-refractivity contribution in [3.63, 3.8) is 0 Å². The van der Waals surface area contributed by atoms with Crippen LogP contribution in [-0.2, 0) is 4.79 Å². The summed E-state index contributed by atoms with van der Waals surface area (Å²) in [5.74, 6) is 2.70. The Morgan fingerprint density at radius 1 is 1.04 bits per heavy atom. The first-order chi connectivity index (χ1) is 13.8. The molecule has 1 N–H and O–H groups in total. The number of nitrogens with zero attached hydrogens (tertiary/aromatic N) is 3. The first kappa shape index (κ1) is 19.1. The van der Waals surface area contributed by atoms with Crippen molar-refractivity contribution in [3.8, 4) is 5.69 Å². The lowest BCUT2D eigenvalue weighted by atomic mass is 10.3. The second-order valence-corrected chi connectivity index (χ2v) is 8.69. The van der Waals surface area contributed by atoms with Gasteiger partial charge in [-0.15, -0.1) is 16.9 Å². The minimum absolute atomic E-state index is 0.0164. The predicted molar refractivity (Wildman–Crippen MR) is 114 cm³/mol. The number of benzene rings is 2. The molecule has 3 aromatic rings. The Bertz CT molecular complexity index is 911. The zero-order chi connectivity index (χ0) is 19.2. The van der Waals surface area contributed by atoms with Gasteiger partial charge in [-0.2, -0.15) is 0 Å². The fourth-order valence-corrected chi connectivity index (χ4v) is 4.24. The van der Waals surface area contributed by atoms with Crippen molar-refractivity contribution in [2.75, 3.05) is 18.1 Å². The number of thioether (sulfide) groups is 2. The van der Waals surface area contributed by atoms with Gasteiger partial charge in [0.25, 0.3) is 0 Å². The van der Waals surface area contributed by atoms with Gasteiger partial charge in [-0.3, -0.25) is 4.79 Å². The van der Waals surface area contributed by atoms with Gasteiger partial charge in [0.15, 0.2) is 0 Å². The highest BCUT2D eigenvalue weighted by Gasteiger charge is 2.30. The summed E-state index contributed by atoms with van der Waals surface area (Å²) in [5, 5.41) is 8.27. The Morgan fingerprint density at radius 3 is 2.46 bits per heavy atom. The molecule has 0 bridgehead atoms. The maximum atomic E-state index is 12.1. The number of para-hydroxylation sites is 1. The molecule has 2 aromatic carbocycles. The molecule has 1 aromatic heterocycles. The van der Waals surface area contributed by atoms with E-state index in [0.717, 1.165) is 30.1 Å². The molecule has 1 fully saturated rings. The van der Waals surface area contributed by atoms with Gasteiger partial charge < -0.3 is 5.32 Å². The van der Waals surface area contributed by atoms with Crippen LogP contribution < -0.4 is 5.32 Å². The molecule has 5 nitrogen and oxygen atoms in total.